The molecule has 1 fully saturated rings. The van der Waals surface area contributed by atoms with E-state index < -0.39 is 0 Å². The quantitative estimate of drug-likeness (QED) is 0.644. The summed E-state index contributed by atoms with van der Waals surface area (Å²) in [6.45, 7) is 9.06. The van der Waals surface area contributed by atoms with Crippen LogP contribution in [-0.4, -0.2) is 23.4 Å². The van der Waals surface area contributed by atoms with Crippen molar-refractivity contribution in [2.24, 2.45) is 5.92 Å². The second-order valence-electron chi connectivity index (χ2n) is 5.18. The number of piperidine rings is 1. The molecule has 0 aromatic heterocycles. The summed E-state index contributed by atoms with van der Waals surface area (Å²) in [5.74, 6) is 0.907. The molecular weight excluding hydrogens is 210 g/mol. The van der Waals surface area contributed by atoms with E-state index in [1.165, 1.54) is 44.6 Å². The fourth-order valence-corrected chi connectivity index (χ4v) is 2.93. The van der Waals surface area contributed by atoms with Crippen LogP contribution < -0.4 is 0 Å². The number of amides is 1. The Morgan fingerprint density at radius 2 is 2.24 bits per heavy atom. The molecule has 0 spiro atoms. The SMILES string of the molecule is C=CC(=O)N1CCCCC1CC(CC)CCC. The molecule has 1 aliphatic heterocycles. The molecule has 0 saturated carbocycles. The molecule has 0 aromatic rings. The molecular formula is C15H27NO. The van der Waals surface area contributed by atoms with Gasteiger partial charge in [0.15, 0.2) is 0 Å². The van der Waals surface area contributed by atoms with Crippen LogP contribution in [-0.2, 0) is 4.79 Å². The molecule has 2 unspecified atom stereocenters. The zero-order chi connectivity index (χ0) is 12.7. The molecule has 2 nitrogen and oxygen atoms in total. The Labute approximate surface area is 106 Å². The van der Waals surface area contributed by atoms with E-state index in [1.807, 2.05) is 0 Å². The van der Waals surface area contributed by atoms with Crippen LogP contribution in [0.2, 0.25) is 0 Å². The van der Waals surface area contributed by atoms with Crippen LogP contribution in [0.4, 0.5) is 0 Å². The molecule has 2 heteroatoms. The van der Waals surface area contributed by atoms with Gasteiger partial charge in [-0.2, -0.15) is 0 Å². The lowest BCUT2D eigenvalue weighted by Gasteiger charge is -2.37. The smallest absolute Gasteiger partial charge is 0.246 e. The van der Waals surface area contributed by atoms with Gasteiger partial charge in [-0.3, -0.25) is 4.79 Å². The Bertz CT molecular complexity index is 249. The van der Waals surface area contributed by atoms with E-state index >= 15 is 0 Å². The molecule has 1 amide bonds. The van der Waals surface area contributed by atoms with Gasteiger partial charge in [-0.1, -0.05) is 39.7 Å². The third-order valence-corrected chi connectivity index (χ3v) is 3.96. The summed E-state index contributed by atoms with van der Waals surface area (Å²) >= 11 is 0. The summed E-state index contributed by atoms with van der Waals surface area (Å²) in [5, 5.41) is 0. The number of hydrogen-bond acceptors (Lipinski definition) is 1. The number of likely N-dealkylation sites (tertiary alicyclic amines) is 1. The number of carbonyl (C=O) groups excluding carboxylic acids is 1. The first kappa shape index (κ1) is 14.3. The van der Waals surface area contributed by atoms with Crippen molar-refractivity contribution in [3.63, 3.8) is 0 Å². The Hall–Kier alpha value is -0.790. The lowest BCUT2D eigenvalue weighted by atomic mass is 9.88. The number of carbonyl (C=O) groups is 1. The Kier molecular flexibility index (Phi) is 6.31. The summed E-state index contributed by atoms with van der Waals surface area (Å²) in [4.78, 5) is 13.9. The van der Waals surface area contributed by atoms with Crippen LogP contribution in [0.5, 0.6) is 0 Å². The molecule has 2 atom stereocenters. The van der Waals surface area contributed by atoms with E-state index in [1.54, 1.807) is 0 Å². The second-order valence-corrected chi connectivity index (χ2v) is 5.18. The third-order valence-electron chi connectivity index (χ3n) is 3.96. The Morgan fingerprint density at radius 1 is 1.47 bits per heavy atom. The van der Waals surface area contributed by atoms with Gasteiger partial charge in [-0.25, -0.2) is 0 Å². The fourth-order valence-electron chi connectivity index (χ4n) is 2.93. The van der Waals surface area contributed by atoms with Crippen molar-refractivity contribution >= 4 is 5.91 Å². The van der Waals surface area contributed by atoms with Gasteiger partial charge in [0.1, 0.15) is 0 Å². The molecule has 1 heterocycles. The van der Waals surface area contributed by atoms with Crippen LogP contribution in [0.3, 0.4) is 0 Å². The predicted octanol–water partition coefficient (Wildman–Crippen LogP) is 3.77. The average Bonchev–Trinajstić information content (AvgIpc) is 2.38. The normalized spacial score (nSPS) is 22.2. The molecule has 1 saturated heterocycles. The number of nitrogens with zero attached hydrogens (tertiary/aromatic N) is 1. The lowest BCUT2D eigenvalue weighted by molar-refractivity contribution is -0.129. The minimum Gasteiger partial charge on any atom is -0.336 e. The molecule has 1 aliphatic rings. The Balaban J connectivity index is 2.57. The van der Waals surface area contributed by atoms with Gasteiger partial charge >= 0.3 is 0 Å². The number of rotatable bonds is 6. The van der Waals surface area contributed by atoms with Crippen molar-refractivity contribution in [2.45, 2.75) is 64.8 Å². The summed E-state index contributed by atoms with van der Waals surface area (Å²) < 4.78 is 0. The summed E-state index contributed by atoms with van der Waals surface area (Å²) in [6.07, 6.45) is 10.0. The topological polar surface area (TPSA) is 20.3 Å². The van der Waals surface area contributed by atoms with Crippen molar-refractivity contribution in [1.29, 1.82) is 0 Å². The highest BCUT2D eigenvalue weighted by Gasteiger charge is 2.26. The monoisotopic (exact) mass is 237 g/mol. The van der Waals surface area contributed by atoms with E-state index in [0.717, 1.165) is 18.9 Å². The molecule has 0 aliphatic carbocycles. The minimum atomic E-state index is 0.126. The maximum Gasteiger partial charge on any atom is 0.246 e. The highest BCUT2D eigenvalue weighted by atomic mass is 16.2. The van der Waals surface area contributed by atoms with Crippen LogP contribution >= 0.6 is 0 Å². The lowest BCUT2D eigenvalue weighted by Crippen LogP contribution is -2.43. The fraction of sp³-hybridized carbons (Fsp3) is 0.800. The molecule has 98 valence electrons. The first-order chi connectivity index (χ1) is 8.22. The number of hydrogen-bond donors (Lipinski definition) is 0. The van der Waals surface area contributed by atoms with E-state index in [-0.39, 0.29) is 5.91 Å². The van der Waals surface area contributed by atoms with Crippen molar-refractivity contribution in [3.05, 3.63) is 12.7 Å². The van der Waals surface area contributed by atoms with Crippen LogP contribution in [0, 0.1) is 5.92 Å². The molecule has 1 rings (SSSR count). The molecule has 0 N–H and O–H groups in total. The first-order valence-electron chi connectivity index (χ1n) is 7.15. The minimum absolute atomic E-state index is 0.126. The highest BCUT2D eigenvalue weighted by molar-refractivity contribution is 5.87. The van der Waals surface area contributed by atoms with E-state index in [9.17, 15) is 4.79 Å². The van der Waals surface area contributed by atoms with Gasteiger partial charge < -0.3 is 4.90 Å². The predicted molar refractivity (Wildman–Crippen MR) is 72.9 cm³/mol. The second kappa shape index (κ2) is 7.52. The Morgan fingerprint density at radius 3 is 2.82 bits per heavy atom. The van der Waals surface area contributed by atoms with E-state index in [4.69, 9.17) is 0 Å². The van der Waals surface area contributed by atoms with Crippen LogP contribution in [0.15, 0.2) is 12.7 Å². The van der Waals surface area contributed by atoms with Gasteiger partial charge in [-0.15, -0.1) is 0 Å². The third kappa shape index (κ3) is 4.18. The van der Waals surface area contributed by atoms with Crippen molar-refractivity contribution in [3.8, 4) is 0 Å². The van der Waals surface area contributed by atoms with Gasteiger partial charge in [0.05, 0.1) is 0 Å². The van der Waals surface area contributed by atoms with E-state index in [2.05, 4.69) is 25.3 Å². The summed E-state index contributed by atoms with van der Waals surface area (Å²) in [7, 11) is 0. The molecule has 17 heavy (non-hydrogen) atoms. The van der Waals surface area contributed by atoms with Crippen LogP contribution in [0.1, 0.15) is 58.8 Å². The standard InChI is InChI=1S/C15H27NO/c1-4-9-13(5-2)12-14-10-7-8-11-16(14)15(17)6-3/h6,13-14H,3-5,7-12H2,1-2H3. The first-order valence-corrected chi connectivity index (χ1v) is 7.15. The van der Waals surface area contributed by atoms with Crippen LogP contribution in [0.25, 0.3) is 0 Å². The van der Waals surface area contributed by atoms with Gasteiger partial charge in [-0.05, 0) is 37.7 Å². The molecule has 0 radical (unpaired) electrons. The molecule has 0 aromatic carbocycles. The maximum absolute atomic E-state index is 11.8. The zero-order valence-corrected chi connectivity index (χ0v) is 11.5. The van der Waals surface area contributed by atoms with Gasteiger partial charge in [0.25, 0.3) is 0 Å². The largest absolute Gasteiger partial charge is 0.336 e. The van der Waals surface area contributed by atoms with E-state index in [0.29, 0.717) is 6.04 Å². The average molecular weight is 237 g/mol. The molecule has 0 bridgehead atoms. The van der Waals surface area contributed by atoms with Crippen molar-refractivity contribution < 1.29 is 4.79 Å². The summed E-state index contributed by atoms with van der Waals surface area (Å²) in [5.41, 5.74) is 0. The highest BCUT2D eigenvalue weighted by Crippen LogP contribution is 2.26. The van der Waals surface area contributed by atoms with Gasteiger partial charge in [0.2, 0.25) is 5.91 Å². The van der Waals surface area contributed by atoms with Gasteiger partial charge in [0, 0.05) is 12.6 Å². The zero-order valence-electron chi connectivity index (χ0n) is 11.5. The van der Waals surface area contributed by atoms with Crippen molar-refractivity contribution in [1.82, 2.24) is 4.90 Å². The summed E-state index contributed by atoms with van der Waals surface area (Å²) in [6, 6.07) is 0.464. The van der Waals surface area contributed by atoms with Crippen molar-refractivity contribution in [2.75, 3.05) is 6.54 Å². The maximum atomic E-state index is 11.8.